The number of tetrazole rings is 1. The Labute approximate surface area is 135 Å². The Kier molecular flexibility index (Phi) is 3.27. The molecule has 8 nitrogen and oxygen atoms in total. The Bertz CT molecular complexity index is 1040. The van der Waals surface area contributed by atoms with Crippen molar-refractivity contribution >= 4 is 34.2 Å². The molecule has 0 aliphatic heterocycles. The molecule has 0 spiro atoms. The number of aromatic nitrogens is 5. The van der Waals surface area contributed by atoms with Crippen LogP contribution in [0.25, 0.3) is 16.7 Å². The number of carboxylic acid groups (broad SMARTS) is 1. The normalized spacial score (nSPS) is 11.0. The van der Waals surface area contributed by atoms with E-state index >= 15 is 0 Å². The van der Waals surface area contributed by atoms with Crippen molar-refractivity contribution in [1.29, 1.82) is 0 Å². The molecule has 8 heteroatoms. The van der Waals surface area contributed by atoms with Gasteiger partial charge in [-0.25, -0.2) is 4.98 Å². The number of nitrogens with one attached hydrogen (secondary N) is 1. The van der Waals surface area contributed by atoms with Crippen molar-refractivity contribution in [3.8, 4) is 0 Å². The largest absolute Gasteiger partial charge is 0.481 e. The number of para-hydroxylation sites is 2. The zero-order chi connectivity index (χ0) is 16.5. The molecule has 0 unspecified atom stereocenters. The van der Waals surface area contributed by atoms with Crippen molar-refractivity contribution in [3.05, 3.63) is 54.1 Å². The predicted molar refractivity (Wildman–Crippen MR) is 87.1 cm³/mol. The van der Waals surface area contributed by atoms with E-state index in [1.54, 1.807) is 28.8 Å². The van der Waals surface area contributed by atoms with Gasteiger partial charge in [-0.1, -0.05) is 24.3 Å². The van der Waals surface area contributed by atoms with E-state index in [1.807, 2.05) is 24.3 Å². The highest BCUT2D eigenvalue weighted by Gasteiger charge is 2.11. The minimum atomic E-state index is -0.858. The number of benzene rings is 2. The van der Waals surface area contributed by atoms with Crippen LogP contribution in [0.4, 0.5) is 11.5 Å². The average molecular weight is 320 g/mol. The summed E-state index contributed by atoms with van der Waals surface area (Å²) in [7, 11) is 0. The molecule has 0 aliphatic rings. The standard InChI is InChI=1S/C16H12N6O2/c23-14(24)9-10-5-7-11(8-6-10)17-15-16-19-20-21-22(16)13-4-2-1-3-12(13)18-15/h1-8H,9H2,(H,17,18)(H,23,24). The molecule has 0 saturated carbocycles. The molecule has 4 aromatic rings. The lowest BCUT2D eigenvalue weighted by Gasteiger charge is -2.08. The minimum absolute atomic E-state index is 0.00710. The molecule has 0 radical (unpaired) electrons. The van der Waals surface area contributed by atoms with Gasteiger partial charge in [0.2, 0.25) is 5.65 Å². The van der Waals surface area contributed by atoms with Crippen LogP contribution in [0.5, 0.6) is 0 Å². The third-order valence-electron chi connectivity index (χ3n) is 3.60. The van der Waals surface area contributed by atoms with Crippen LogP contribution in [0.1, 0.15) is 5.56 Å². The smallest absolute Gasteiger partial charge is 0.307 e. The molecule has 24 heavy (non-hydrogen) atoms. The summed E-state index contributed by atoms with van der Waals surface area (Å²) in [6, 6.07) is 14.7. The van der Waals surface area contributed by atoms with Gasteiger partial charge >= 0.3 is 5.97 Å². The number of carbonyl (C=O) groups is 1. The van der Waals surface area contributed by atoms with Crippen LogP contribution in [-0.2, 0) is 11.2 Å². The summed E-state index contributed by atoms with van der Waals surface area (Å²) in [6.45, 7) is 0. The molecule has 2 aromatic carbocycles. The monoisotopic (exact) mass is 320 g/mol. The number of hydrogen-bond acceptors (Lipinski definition) is 6. The first kappa shape index (κ1) is 14.1. The van der Waals surface area contributed by atoms with Gasteiger partial charge in [-0.3, -0.25) is 4.79 Å². The fourth-order valence-corrected chi connectivity index (χ4v) is 2.51. The Morgan fingerprint density at radius 2 is 1.92 bits per heavy atom. The summed E-state index contributed by atoms with van der Waals surface area (Å²) in [6.07, 6.45) is -0.00710. The van der Waals surface area contributed by atoms with E-state index in [4.69, 9.17) is 5.11 Å². The number of fused-ring (bicyclic) bond motifs is 3. The summed E-state index contributed by atoms with van der Waals surface area (Å²) in [5.74, 6) is -0.326. The highest BCUT2D eigenvalue weighted by Crippen LogP contribution is 2.22. The van der Waals surface area contributed by atoms with Gasteiger partial charge in [-0.15, -0.1) is 5.10 Å². The average Bonchev–Trinajstić information content (AvgIpc) is 3.06. The number of carboxylic acids is 1. The maximum Gasteiger partial charge on any atom is 0.307 e. The molecule has 0 amide bonds. The maximum absolute atomic E-state index is 10.7. The second kappa shape index (κ2) is 5.58. The molecule has 0 bridgehead atoms. The third kappa shape index (κ3) is 2.50. The molecule has 0 fully saturated rings. The first-order valence-electron chi connectivity index (χ1n) is 7.25. The lowest BCUT2D eigenvalue weighted by Crippen LogP contribution is -2.02. The van der Waals surface area contributed by atoms with Crippen LogP contribution in [0, 0.1) is 0 Å². The molecule has 0 atom stereocenters. The van der Waals surface area contributed by atoms with Gasteiger partial charge in [-0.05, 0) is 40.3 Å². The second-order valence-corrected chi connectivity index (χ2v) is 5.26. The molecule has 0 aliphatic carbocycles. The van der Waals surface area contributed by atoms with Crippen LogP contribution < -0.4 is 5.32 Å². The summed E-state index contributed by atoms with van der Waals surface area (Å²) in [4.78, 5) is 15.3. The van der Waals surface area contributed by atoms with E-state index in [0.717, 1.165) is 22.3 Å². The van der Waals surface area contributed by atoms with Crippen LogP contribution >= 0.6 is 0 Å². The topological polar surface area (TPSA) is 105 Å². The first-order valence-corrected chi connectivity index (χ1v) is 7.25. The second-order valence-electron chi connectivity index (χ2n) is 5.26. The van der Waals surface area contributed by atoms with Gasteiger partial charge in [0.05, 0.1) is 17.5 Å². The molecule has 2 aromatic heterocycles. The number of hydrogen-bond donors (Lipinski definition) is 2. The van der Waals surface area contributed by atoms with E-state index in [9.17, 15) is 4.79 Å². The summed E-state index contributed by atoms with van der Waals surface area (Å²) in [5, 5.41) is 23.7. The highest BCUT2D eigenvalue weighted by atomic mass is 16.4. The zero-order valence-electron chi connectivity index (χ0n) is 12.4. The van der Waals surface area contributed by atoms with Crippen molar-refractivity contribution in [1.82, 2.24) is 25.0 Å². The van der Waals surface area contributed by atoms with Crippen molar-refractivity contribution in [2.45, 2.75) is 6.42 Å². The number of anilines is 2. The van der Waals surface area contributed by atoms with Gasteiger partial charge in [0.15, 0.2) is 5.82 Å². The minimum Gasteiger partial charge on any atom is -0.481 e. The quantitative estimate of drug-likeness (QED) is 0.592. The van der Waals surface area contributed by atoms with E-state index in [0.29, 0.717) is 11.5 Å². The van der Waals surface area contributed by atoms with Crippen molar-refractivity contribution < 1.29 is 9.90 Å². The lowest BCUT2D eigenvalue weighted by atomic mass is 10.1. The maximum atomic E-state index is 10.7. The molecule has 2 N–H and O–H groups in total. The Morgan fingerprint density at radius 3 is 2.71 bits per heavy atom. The van der Waals surface area contributed by atoms with Gasteiger partial charge < -0.3 is 10.4 Å². The molecule has 4 rings (SSSR count). The van der Waals surface area contributed by atoms with Crippen molar-refractivity contribution in [3.63, 3.8) is 0 Å². The highest BCUT2D eigenvalue weighted by molar-refractivity contribution is 5.83. The Hall–Kier alpha value is -3.55. The third-order valence-corrected chi connectivity index (χ3v) is 3.60. The van der Waals surface area contributed by atoms with Crippen LogP contribution in [0.15, 0.2) is 48.5 Å². The molecular weight excluding hydrogens is 308 g/mol. The van der Waals surface area contributed by atoms with Crippen molar-refractivity contribution in [2.75, 3.05) is 5.32 Å². The van der Waals surface area contributed by atoms with Gasteiger partial charge in [0, 0.05) is 5.69 Å². The fourth-order valence-electron chi connectivity index (χ4n) is 2.51. The predicted octanol–water partition coefficient (Wildman–Crippen LogP) is 2.04. The van der Waals surface area contributed by atoms with Crippen molar-refractivity contribution in [2.24, 2.45) is 0 Å². The lowest BCUT2D eigenvalue weighted by molar-refractivity contribution is -0.136. The summed E-state index contributed by atoms with van der Waals surface area (Å²) in [5.41, 5.74) is 3.61. The Morgan fingerprint density at radius 1 is 1.12 bits per heavy atom. The zero-order valence-corrected chi connectivity index (χ0v) is 12.4. The van der Waals surface area contributed by atoms with Gasteiger partial charge in [0.25, 0.3) is 0 Å². The van der Waals surface area contributed by atoms with E-state index in [-0.39, 0.29) is 6.42 Å². The van der Waals surface area contributed by atoms with E-state index < -0.39 is 5.97 Å². The van der Waals surface area contributed by atoms with Crippen LogP contribution in [0.2, 0.25) is 0 Å². The van der Waals surface area contributed by atoms with Crippen LogP contribution in [0.3, 0.4) is 0 Å². The number of aliphatic carboxylic acids is 1. The molecule has 2 heterocycles. The molecular formula is C16H12N6O2. The van der Waals surface area contributed by atoms with Gasteiger partial charge in [-0.2, -0.15) is 4.52 Å². The summed E-state index contributed by atoms with van der Waals surface area (Å²) >= 11 is 0. The SMILES string of the molecule is O=C(O)Cc1ccc(Nc2nc3ccccc3n3nnnc23)cc1. The fraction of sp³-hybridized carbons (Fsp3) is 0.0625. The molecule has 118 valence electrons. The number of nitrogens with zero attached hydrogens (tertiary/aromatic N) is 5. The van der Waals surface area contributed by atoms with E-state index in [2.05, 4.69) is 25.8 Å². The summed E-state index contributed by atoms with van der Waals surface area (Å²) < 4.78 is 1.63. The number of rotatable bonds is 4. The first-order chi connectivity index (χ1) is 11.7. The molecule has 0 saturated heterocycles. The van der Waals surface area contributed by atoms with Gasteiger partial charge in [0.1, 0.15) is 0 Å². The Balaban J connectivity index is 1.73. The van der Waals surface area contributed by atoms with E-state index in [1.165, 1.54) is 0 Å². The van der Waals surface area contributed by atoms with Crippen LogP contribution in [-0.4, -0.2) is 36.1 Å².